The second kappa shape index (κ2) is 5.30. The first kappa shape index (κ1) is 13.7. The number of hydrogen-bond donors (Lipinski definition) is 0. The van der Waals surface area contributed by atoms with Gasteiger partial charge in [0.1, 0.15) is 5.49 Å². The fraction of sp³-hybridized carbons (Fsp3) is 0.571. The highest BCUT2D eigenvalue weighted by Crippen LogP contribution is 2.18. The second-order valence-electron chi connectivity index (χ2n) is 5.78. The number of carbonyl (C=O) groups excluding carboxylic acids is 1. The molecule has 3 nitrogen and oxygen atoms in total. The number of pyridine rings is 1. The minimum atomic E-state index is -0.00494. The van der Waals surface area contributed by atoms with Crippen LogP contribution in [0, 0.1) is 5.41 Å². The summed E-state index contributed by atoms with van der Waals surface area (Å²) in [5.41, 5.74) is 0.728. The van der Waals surface area contributed by atoms with Gasteiger partial charge >= 0.3 is 0 Å². The maximum absolute atomic E-state index is 12.2. The first-order valence-corrected chi connectivity index (χ1v) is 6.04. The first-order valence-electron chi connectivity index (χ1n) is 6.04. The molecule has 0 N–H and O–H groups in total. The lowest BCUT2D eigenvalue weighted by Gasteiger charge is -2.17. The Morgan fingerprint density at radius 3 is 2.53 bits per heavy atom. The monoisotopic (exact) mass is 234 g/mol. The summed E-state index contributed by atoms with van der Waals surface area (Å²) in [5.74, 6) is 0.0949. The van der Waals surface area contributed by atoms with Crippen LogP contribution in [0.5, 0.6) is 0 Å². The van der Waals surface area contributed by atoms with E-state index in [0.717, 1.165) is 5.49 Å². The highest BCUT2D eigenvalue weighted by atomic mass is 16.2. The number of nitrogens with zero attached hydrogens (tertiary/aromatic N) is 2. The maximum atomic E-state index is 12.2. The van der Waals surface area contributed by atoms with E-state index in [4.69, 9.17) is 0 Å². The maximum Gasteiger partial charge on any atom is 0.232 e. The largest absolute Gasteiger partial charge is 0.274 e. The smallest absolute Gasteiger partial charge is 0.232 e. The van der Waals surface area contributed by atoms with Gasteiger partial charge in [-0.25, -0.2) is 0 Å². The van der Waals surface area contributed by atoms with E-state index in [2.05, 4.69) is 25.8 Å². The summed E-state index contributed by atoms with van der Waals surface area (Å²) < 4.78 is 1.64. The van der Waals surface area contributed by atoms with Gasteiger partial charge in [-0.15, -0.1) is 0 Å². The molecule has 0 spiro atoms. The van der Waals surface area contributed by atoms with Crippen molar-refractivity contribution in [3.8, 4) is 0 Å². The molecule has 17 heavy (non-hydrogen) atoms. The third-order valence-corrected chi connectivity index (χ3v) is 2.18. The summed E-state index contributed by atoms with van der Waals surface area (Å²) in [6.45, 7) is 10.2. The van der Waals surface area contributed by atoms with Crippen LogP contribution in [0.1, 0.15) is 45.8 Å². The predicted molar refractivity (Wildman–Crippen MR) is 69.8 cm³/mol. The van der Waals surface area contributed by atoms with E-state index < -0.39 is 0 Å². The molecule has 0 saturated heterocycles. The van der Waals surface area contributed by atoms with Gasteiger partial charge in [0.05, 0.1) is 0 Å². The zero-order valence-electron chi connectivity index (χ0n) is 11.4. The molecule has 1 aromatic rings. The first-order chi connectivity index (χ1) is 7.79. The zero-order chi connectivity index (χ0) is 13.1. The van der Waals surface area contributed by atoms with E-state index in [9.17, 15) is 4.79 Å². The van der Waals surface area contributed by atoms with Gasteiger partial charge in [0, 0.05) is 18.7 Å². The van der Waals surface area contributed by atoms with Gasteiger partial charge in [-0.2, -0.15) is 0 Å². The lowest BCUT2D eigenvalue weighted by Crippen LogP contribution is -2.30. The van der Waals surface area contributed by atoms with Crippen molar-refractivity contribution in [3.05, 3.63) is 29.9 Å². The summed E-state index contributed by atoms with van der Waals surface area (Å²) in [6, 6.07) is 5.83. The summed E-state index contributed by atoms with van der Waals surface area (Å²) in [4.78, 5) is 16.6. The van der Waals surface area contributed by atoms with Gasteiger partial charge in [0.15, 0.2) is 0 Å². The van der Waals surface area contributed by atoms with Gasteiger partial charge in [-0.05, 0) is 31.4 Å². The fourth-order valence-corrected chi connectivity index (χ4v) is 1.55. The molecule has 1 rings (SSSR count). The zero-order valence-corrected chi connectivity index (χ0v) is 11.4. The van der Waals surface area contributed by atoms with Crippen LogP contribution >= 0.6 is 0 Å². The fourth-order valence-electron chi connectivity index (χ4n) is 1.55. The van der Waals surface area contributed by atoms with Gasteiger partial charge < -0.3 is 0 Å². The Labute approximate surface area is 103 Å². The van der Waals surface area contributed by atoms with Crippen molar-refractivity contribution in [2.24, 2.45) is 10.4 Å². The van der Waals surface area contributed by atoms with E-state index in [1.807, 2.05) is 32.0 Å². The summed E-state index contributed by atoms with van der Waals surface area (Å²) in [5, 5.41) is 0. The topological polar surface area (TPSA) is 34.4 Å². The van der Waals surface area contributed by atoms with Crippen molar-refractivity contribution in [1.82, 2.24) is 4.57 Å². The molecule has 0 aliphatic rings. The number of hydrogen-bond acceptors (Lipinski definition) is 2. The molecular weight excluding hydrogens is 212 g/mol. The van der Waals surface area contributed by atoms with E-state index in [1.54, 1.807) is 10.8 Å². The van der Waals surface area contributed by atoms with Gasteiger partial charge in [0.2, 0.25) is 5.91 Å². The van der Waals surface area contributed by atoms with Crippen LogP contribution in [0.2, 0.25) is 0 Å². The number of aromatic nitrogens is 1. The molecule has 0 aromatic carbocycles. The molecule has 3 heteroatoms. The van der Waals surface area contributed by atoms with Crippen molar-refractivity contribution < 1.29 is 4.79 Å². The molecule has 0 fully saturated rings. The Hall–Kier alpha value is -1.38. The van der Waals surface area contributed by atoms with Crippen LogP contribution in [-0.4, -0.2) is 16.5 Å². The average molecular weight is 234 g/mol. The molecule has 0 aliphatic carbocycles. The Morgan fingerprint density at radius 2 is 2.00 bits per heavy atom. The van der Waals surface area contributed by atoms with Crippen LogP contribution in [0.4, 0.5) is 0 Å². The lowest BCUT2D eigenvalue weighted by atomic mass is 9.92. The highest BCUT2D eigenvalue weighted by Gasteiger charge is 2.17. The lowest BCUT2D eigenvalue weighted by molar-refractivity contribution is 0.0851. The summed E-state index contributed by atoms with van der Waals surface area (Å²) in [7, 11) is 0. The number of rotatable bonds is 2. The Bertz CT molecular complexity index is 450. The van der Waals surface area contributed by atoms with E-state index >= 15 is 0 Å². The molecule has 0 aliphatic heterocycles. The molecule has 0 atom stereocenters. The molecule has 0 unspecified atom stereocenters. The van der Waals surface area contributed by atoms with E-state index in [1.165, 1.54) is 0 Å². The van der Waals surface area contributed by atoms with Gasteiger partial charge in [0.25, 0.3) is 0 Å². The minimum absolute atomic E-state index is 0.00494. The minimum Gasteiger partial charge on any atom is -0.274 e. The molecule has 94 valence electrons. The Kier molecular flexibility index (Phi) is 4.27. The second-order valence-corrected chi connectivity index (χ2v) is 5.78. The van der Waals surface area contributed by atoms with Crippen molar-refractivity contribution in [1.29, 1.82) is 0 Å². The van der Waals surface area contributed by atoms with Crippen LogP contribution in [-0.2, 0) is 0 Å². The third kappa shape index (κ3) is 4.55. The average Bonchev–Trinajstić information content (AvgIpc) is 2.14. The van der Waals surface area contributed by atoms with Crippen LogP contribution in [0.15, 0.2) is 29.4 Å². The van der Waals surface area contributed by atoms with Crippen LogP contribution < -0.4 is 5.49 Å². The molecule has 1 aromatic heterocycles. The third-order valence-electron chi connectivity index (χ3n) is 2.18. The van der Waals surface area contributed by atoms with Crippen LogP contribution in [0.25, 0.3) is 0 Å². The highest BCUT2D eigenvalue weighted by molar-refractivity contribution is 5.79. The number of carbonyl (C=O) groups is 1. The molecular formula is C14H22N2O. The van der Waals surface area contributed by atoms with Crippen molar-refractivity contribution in [3.63, 3.8) is 0 Å². The molecule has 1 heterocycles. The van der Waals surface area contributed by atoms with Gasteiger partial charge in [-0.1, -0.05) is 26.8 Å². The molecule has 0 bridgehead atoms. The SMILES string of the molecule is CC(C)N=c1ccccn1C(=O)CC(C)(C)C. The van der Waals surface area contributed by atoms with E-state index in [-0.39, 0.29) is 17.4 Å². The van der Waals surface area contributed by atoms with E-state index in [0.29, 0.717) is 6.42 Å². The Balaban J connectivity index is 3.10. The van der Waals surface area contributed by atoms with Crippen molar-refractivity contribution in [2.45, 2.75) is 47.1 Å². The molecule has 0 amide bonds. The normalized spacial score (nSPS) is 13.2. The molecule has 0 radical (unpaired) electrons. The van der Waals surface area contributed by atoms with Crippen molar-refractivity contribution in [2.75, 3.05) is 0 Å². The molecule has 0 saturated carbocycles. The Morgan fingerprint density at radius 1 is 1.35 bits per heavy atom. The summed E-state index contributed by atoms with van der Waals surface area (Å²) in [6.07, 6.45) is 2.30. The predicted octanol–water partition coefficient (Wildman–Crippen LogP) is 2.87. The van der Waals surface area contributed by atoms with Gasteiger partial charge in [-0.3, -0.25) is 14.4 Å². The standard InChI is InChI=1S/C14H22N2O/c1-11(2)15-12-8-6-7-9-16(12)13(17)10-14(3,4)5/h6-9,11H,10H2,1-5H3. The summed E-state index contributed by atoms with van der Waals surface area (Å²) >= 11 is 0. The quantitative estimate of drug-likeness (QED) is 0.774. The van der Waals surface area contributed by atoms with Crippen molar-refractivity contribution >= 4 is 5.91 Å². The van der Waals surface area contributed by atoms with Crippen LogP contribution in [0.3, 0.4) is 0 Å².